The number of ketones is 1. The van der Waals surface area contributed by atoms with Crippen molar-refractivity contribution in [2.24, 2.45) is 5.92 Å². The lowest BCUT2D eigenvalue weighted by atomic mass is 9.97. The standard InChI is InChI=1S/C15H13F3N2O3/c16-15(17,18)23-11-5-3-10(4-6-11)13(21)12(9-19)14(22)20-7-1-2-8-20/h3-6,12H,1-2,7-8H2/t12-/m1/s1. The fourth-order valence-electron chi connectivity index (χ4n) is 2.33. The van der Waals surface area contributed by atoms with Crippen molar-refractivity contribution in [2.75, 3.05) is 13.1 Å². The first kappa shape index (κ1) is 16.8. The summed E-state index contributed by atoms with van der Waals surface area (Å²) in [5, 5.41) is 9.10. The number of Topliss-reactive ketones (excluding diaryl/α,β-unsaturated/α-hetero) is 1. The number of hydrogen-bond acceptors (Lipinski definition) is 4. The first-order chi connectivity index (χ1) is 10.8. The van der Waals surface area contributed by atoms with Crippen molar-refractivity contribution in [1.82, 2.24) is 4.90 Å². The number of amides is 1. The van der Waals surface area contributed by atoms with E-state index in [1.807, 2.05) is 0 Å². The predicted octanol–water partition coefficient (Wildman–Crippen LogP) is 2.53. The highest BCUT2D eigenvalue weighted by molar-refractivity contribution is 6.12. The van der Waals surface area contributed by atoms with E-state index < -0.39 is 29.7 Å². The number of ether oxygens (including phenoxy) is 1. The van der Waals surface area contributed by atoms with Crippen molar-refractivity contribution in [3.63, 3.8) is 0 Å². The second-order valence-electron chi connectivity index (χ2n) is 5.03. The van der Waals surface area contributed by atoms with Gasteiger partial charge in [0, 0.05) is 18.7 Å². The molecule has 1 aliphatic heterocycles. The largest absolute Gasteiger partial charge is 0.573 e. The summed E-state index contributed by atoms with van der Waals surface area (Å²) in [6, 6.07) is 5.82. The van der Waals surface area contributed by atoms with Crippen LogP contribution in [0.4, 0.5) is 13.2 Å². The number of carbonyl (C=O) groups excluding carboxylic acids is 2. The number of benzene rings is 1. The molecule has 0 N–H and O–H groups in total. The number of halogens is 3. The SMILES string of the molecule is N#C[C@H](C(=O)c1ccc(OC(F)(F)F)cc1)C(=O)N1CCCC1. The summed E-state index contributed by atoms with van der Waals surface area (Å²) in [6.45, 7) is 1.01. The quantitative estimate of drug-likeness (QED) is 0.630. The van der Waals surface area contributed by atoms with Crippen molar-refractivity contribution in [2.45, 2.75) is 19.2 Å². The van der Waals surface area contributed by atoms with Crippen LogP contribution in [0.5, 0.6) is 5.75 Å². The van der Waals surface area contributed by atoms with E-state index in [9.17, 15) is 22.8 Å². The summed E-state index contributed by atoms with van der Waals surface area (Å²) in [6.07, 6.45) is -3.18. The second kappa shape index (κ2) is 6.69. The van der Waals surface area contributed by atoms with Gasteiger partial charge in [0.25, 0.3) is 0 Å². The van der Waals surface area contributed by atoms with Gasteiger partial charge in [-0.25, -0.2) is 0 Å². The summed E-state index contributed by atoms with van der Waals surface area (Å²) < 4.78 is 39.9. The van der Waals surface area contributed by atoms with E-state index in [2.05, 4.69) is 4.74 Å². The Labute approximate surface area is 130 Å². The molecule has 0 saturated carbocycles. The predicted molar refractivity (Wildman–Crippen MR) is 72.4 cm³/mol. The van der Waals surface area contributed by atoms with Crippen LogP contribution >= 0.6 is 0 Å². The fourth-order valence-corrected chi connectivity index (χ4v) is 2.33. The average Bonchev–Trinajstić information content (AvgIpc) is 3.01. The molecule has 1 amide bonds. The van der Waals surface area contributed by atoms with Gasteiger partial charge in [0.05, 0.1) is 6.07 Å². The van der Waals surface area contributed by atoms with Crippen LogP contribution < -0.4 is 4.74 Å². The van der Waals surface area contributed by atoms with Crippen LogP contribution in [0.1, 0.15) is 23.2 Å². The molecule has 23 heavy (non-hydrogen) atoms. The molecule has 1 aromatic carbocycles. The minimum Gasteiger partial charge on any atom is -0.406 e. The van der Waals surface area contributed by atoms with Gasteiger partial charge in [-0.05, 0) is 37.1 Å². The molecule has 1 aromatic rings. The van der Waals surface area contributed by atoms with Gasteiger partial charge in [-0.15, -0.1) is 13.2 Å². The van der Waals surface area contributed by atoms with Gasteiger partial charge in [0.15, 0.2) is 11.7 Å². The Morgan fingerprint density at radius 3 is 2.22 bits per heavy atom. The zero-order valence-corrected chi connectivity index (χ0v) is 12.0. The van der Waals surface area contributed by atoms with Crippen LogP contribution in [-0.2, 0) is 4.79 Å². The van der Waals surface area contributed by atoms with Gasteiger partial charge in [-0.2, -0.15) is 5.26 Å². The van der Waals surface area contributed by atoms with Crippen LogP contribution in [0, 0.1) is 17.2 Å². The molecule has 2 rings (SSSR count). The van der Waals surface area contributed by atoms with E-state index in [0.717, 1.165) is 37.1 Å². The zero-order valence-electron chi connectivity index (χ0n) is 12.0. The maximum absolute atomic E-state index is 12.2. The molecular weight excluding hydrogens is 313 g/mol. The highest BCUT2D eigenvalue weighted by Crippen LogP contribution is 2.24. The smallest absolute Gasteiger partial charge is 0.406 e. The van der Waals surface area contributed by atoms with E-state index in [4.69, 9.17) is 5.26 Å². The average molecular weight is 326 g/mol. The van der Waals surface area contributed by atoms with Gasteiger partial charge >= 0.3 is 6.36 Å². The van der Waals surface area contributed by atoms with E-state index in [-0.39, 0.29) is 5.56 Å². The van der Waals surface area contributed by atoms with Crippen molar-refractivity contribution in [3.8, 4) is 11.8 Å². The maximum atomic E-state index is 12.2. The molecule has 0 bridgehead atoms. The number of nitrogens with zero attached hydrogens (tertiary/aromatic N) is 2. The summed E-state index contributed by atoms with van der Waals surface area (Å²) in [7, 11) is 0. The first-order valence-electron chi connectivity index (χ1n) is 6.90. The van der Waals surface area contributed by atoms with E-state index in [1.54, 1.807) is 6.07 Å². The Morgan fingerprint density at radius 2 is 1.74 bits per heavy atom. The molecule has 5 nitrogen and oxygen atoms in total. The molecule has 0 aliphatic carbocycles. The number of carbonyl (C=O) groups is 2. The molecule has 1 saturated heterocycles. The van der Waals surface area contributed by atoms with Crippen LogP contribution in [0.15, 0.2) is 24.3 Å². The molecule has 1 fully saturated rings. The van der Waals surface area contributed by atoms with Crippen molar-refractivity contribution >= 4 is 11.7 Å². The Kier molecular flexibility index (Phi) is 4.89. The number of hydrogen-bond donors (Lipinski definition) is 0. The first-order valence-corrected chi connectivity index (χ1v) is 6.90. The summed E-state index contributed by atoms with van der Waals surface area (Å²) in [5.41, 5.74) is -0.0152. The van der Waals surface area contributed by atoms with Crippen LogP contribution in [0.25, 0.3) is 0 Å². The normalized spacial score (nSPS) is 15.8. The van der Waals surface area contributed by atoms with E-state index in [0.29, 0.717) is 13.1 Å². The van der Waals surface area contributed by atoms with Gasteiger partial charge in [-0.1, -0.05) is 0 Å². The zero-order chi connectivity index (χ0) is 17.0. The third-order valence-corrected chi connectivity index (χ3v) is 3.43. The lowest BCUT2D eigenvalue weighted by Crippen LogP contribution is -2.37. The maximum Gasteiger partial charge on any atom is 0.573 e. The van der Waals surface area contributed by atoms with E-state index >= 15 is 0 Å². The molecule has 0 radical (unpaired) electrons. The van der Waals surface area contributed by atoms with Gasteiger partial charge < -0.3 is 9.64 Å². The Morgan fingerprint density at radius 1 is 1.17 bits per heavy atom. The second-order valence-corrected chi connectivity index (χ2v) is 5.03. The molecular formula is C15H13F3N2O3. The Hall–Kier alpha value is -2.56. The monoisotopic (exact) mass is 326 g/mol. The molecule has 0 unspecified atom stereocenters. The Bertz CT molecular complexity index is 629. The van der Waals surface area contributed by atoms with Gasteiger partial charge in [0.1, 0.15) is 5.75 Å². The molecule has 0 spiro atoms. The molecule has 1 heterocycles. The number of nitriles is 1. The highest BCUT2D eigenvalue weighted by atomic mass is 19.4. The van der Waals surface area contributed by atoms with E-state index in [1.165, 1.54) is 4.90 Å². The third kappa shape index (κ3) is 4.22. The van der Waals surface area contributed by atoms with Crippen molar-refractivity contribution in [1.29, 1.82) is 5.26 Å². The number of likely N-dealkylation sites (tertiary alicyclic amines) is 1. The molecule has 1 aliphatic rings. The number of rotatable bonds is 4. The third-order valence-electron chi connectivity index (χ3n) is 3.43. The summed E-state index contributed by atoms with van der Waals surface area (Å²) in [4.78, 5) is 25.8. The molecule has 8 heteroatoms. The van der Waals surface area contributed by atoms with Gasteiger partial charge in [0.2, 0.25) is 5.91 Å². The lowest BCUT2D eigenvalue weighted by Gasteiger charge is -2.18. The minimum absolute atomic E-state index is 0.0152. The van der Waals surface area contributed by atoms with Crippen molar-refractivity contribution in [3.05, 3.63) is 29.8 Å². The van der Waals surface area contributed by atoms with Crippen LogP contribution in [-0.4, -0.2) is 36.0 Å². The molecule has 1 atom stereocenters. The minimum atomic E-state index is -4.83. The topological polar surface area (TPSA) is 70.4 Å². The highest BCUT2D eigenvalue weighted by Gasteiger charge is 2.33. The summed E-state index contributed by atoms with van der Waals surface area (Å²) >= 11 is 0. The molecule has 0 aromatic heterocycles. The Balaban J connectivity index is 2.11. The fraction of sp³-hybridized carbons (Fsp3) is 0.400. The van der Waals surface area contributed by atoms with Crippen LogP contribution in [0.3, 0.4) is 0 Å². The van der Waals surface area contributed by atoms with Crippen molar-refractivity contribution < 1.29 is 27.5 Å². The number of alkyl halides is 3. The van der Waals surface area contributed by atoms with Gasteiger partial charge in [-0.3, -0.25) is 9.59 Å². The molecule has 122 valence electrons. The lowest BCUT2D eigenvalue weighted by molar-refractivity contribution is -0.274. The van der Waals surface area contributed by atoms with Crippen LogP contribution in [0.2, 0.25) is 0 Å². The summed E-state index contributed by atoms with van der Waals surface area (Å²) in [5.74, 6) is -3.26.